The van der Waals surface area contributed by atoms with Gasteiger partial charge in [-0.15, -0.1) is 0 Å². The summed E-state index contributed by atoms with van der Waals surface area (Å²) in [5, 5.41) is 2.86. The highest BCUT2D eigenvalue weighted by Crippen LogP contribution is 2.38. The van der Waals surface area contributed by atoms with Crippen LogP contribution in [0.1, 0.15) is 29.9 Å². The lowest BCUT2D eigenvalue weighted by Crippen LogP contribution is -2.38. The van der Waals surface area contributed by atoms with Crippen LogP contribution in [0.5, 0.6) is 11.5 Å². The lowest BCUT2D eigenvalue weighted by Gasteiger charge is -2.32. The first-order valence-electron chi connectivity index (χ1n) is 7.43. The van der Waals surface area contributed by atoms with Gasteiger partial charge in [-0.25, -0.2) is 0 Å². The number of benzene rings is 2. The summed E-state index contributed by atoms with van der Waals surface area (Å²) in [7, 11) is 3.21. The van der Waals surface area contributed by atoms with E-state index in [-0.39, 0.29) is 18.4 Å². The van der Waals surface area contributed by atoms with E-state index in [1.165, 1.54) is 0 Å². The number of nitrogens with one attached hydrogen (secondary N) is 1. The van der Waals surface area contributed by atoms with E-state index in [9.17, 15) is 4.79 Å². The van der Waals surface area contributed by atoms with Crippen molar-refractivity contribution in [3.8, 4) is 11.5 Å². The van der Waals surface area contributed by atoms with Gasteiger partial charge in [0.2, 0.25) is 5.91 Å². The maximum atomic E-state index is 12.2. The van der Waals surface area contributed by atoms with Gasteiger partial charge in [-0.2, -0.15) is 0 Å². The van der Waals surface area contributed by atoms with E-state index >= 15 is 0 Å². The van der Waals surface area contributed by atoms with Gasteiger partial charge in [0.25, 0.3) is 0 Å². The quantitative estimate of drug-likeness (QED) is 0.943. The lowest BCUT2D eigenvalue weighted by molar-refractivity contribution is -0.143. The Morgan fingerprint density at radius 2 is 1.52 bits per heavy atom. The molecule has 0 aromatic heterocycles. The first-order valence-corrected chi connectivity index (χ1v) is 7.43. The van der Waals surface area contributed by atoms with Gasteiger partial charge >= 0.3 is 0 Å². The molecule has 23 heavy (non-hydrogen) atoms. The predicted octanol–water partition coefficient (Wildman–Crippen LogP) is 2.98. The molecule has 0 unspecified atom stereocenters. The van der Waals surface area contributed by atoms with Crippen LogP contribution in [0.2, 0.25) is 0 Å². The van der Waals surface area contributed by atoms with Crippen LogP contribution in [0.15, 0.2) is 48.5 Å². The van der Waals surface area contributed by atoms with Crippen LogP contribution in [-0.2, 0) is 9.53 Å². The number of methoxy groups -OCH3 is 2. The van der Waals surface area contributed by atoms with Gasteiger partial charge < -0.3 is 19.5 Å². The second kappa shape index (κ2) is 6.71. The van der Waals surface area contributed by atoms with Crippen LogP contribution in [-0.4, -0.2) is 20.1 Å². The summed E-state index contributed by atoms with van der Waals surface area (Å²) < 4.78 is 16.9. The standard InChI is InChI=1S/C18H19NO4/c1-21-14-9-5-3-7-12(14)16-11-17(20)19-18(23-16)13-8-4-6-10-15(13)22-2/h3-10,16,18H,11H2,1-2H3,(H,19,20)/t16-,18-/m0/s1. The van der Waals surface area contributed by atoms with E-state index in [4.69, 9.17) is 14.2 Å². The average molecular weight is 313 g/mol. The smallest absolute Gasteiger partial charge is 0.225 e. The maximum absolute atomic E-state index is 12.2. The molecule has 1 aliphatic heterocycles. The third kappa shape index (κ3) is 3.14. The Kier molecular flexibility index (Phi) is 4.48. The summed E-state index contributed by atoms with van der Waals surface area (Å²) in [4.78, 5) is 12.2. The first-order chi connectivity index (χ1) is 11.2. The Morgan fingerprint density at radius 3 is 2.17 bits per heavy atom. The van der Waals surface area contributed by atoms with Crippen molar-refractivity contribution >= 4 is 5.91 Å². The molecule has 0 radical (unpaired) electrons. The van der Waals surface area contributed by atoms with Gasteiger partial charge in [-0.3, -0.25) is 4.79 Å². The third-order valence-electron chi connectivity index (χ3n) is 3.87. The molecule has 1 saturated heterocycles. The number of carbonyl (C=O) groups is 1. The Hall–Kier alpha value is -2.53. The van der Waals surface area contributed by atoms with E-state index in [2.05, 4.69) is 5.32 Å². The van der Waals surface area contributed by atoms with Gasteiger partial charge in [-0.05, 0) is 12.1 Å². The normalized spacial score (nSPS) is 20.7. The molecule has 1 amide bonds. The van der Waals surface area contributed by atoms with Crippen molar-refractivity contribution in [1.29, 1.82) is 0 Å². The van der Waals surface area contributed by atoms with E-state index in [1.807, 2.05) is 48.5 Å². The third-order valence-corrected chi connectivity index (χ3v) is 3.87. The van der Waals surface area contributed by atoms with Gasteiger partial charge in [0.15, 0.2) is 6.23 Å². The SMILES string of the molecule is COc1ccccc1[C@@H]1CC(=O)N[C@H](c2ccccc2OC)O1. The van der Waals surface area contributed by atoms with E-state index in [0.29, 0.717) is 11.5 Å². The van der Waals surface area contributed by atoms with Crippen LogP contribution in [0.4, 0.5) is 0 Å². The first kappa shape index (κ1) is 15.4. The minimum atomic E-state index is -0.553. The zero-order valence-corrected chi connectivity index (χ0v) is 13.1. The lowest BCUT2D eigenvalue weighted by atomic mass is 10.0. The molecule has 1 fully saturated rings. The molecule has 0 bridgehead atoms. The predicted molar refractivity (Wildman–Crippen MR) is 85.3 cm³/mol. The van der Waals surface area contributed by atoms with Crippen LogP contribution >= 0.6 is 0 Å². The van der Waals surface area contributed by atoms with Crippen molar-refractivity contribution < 1.29 is 19.0 Å². The van der Waals surface area contributed by atoms with Gasteiger partial charge in [-0.1, -0.05) is 36.4 Å². The van der Waals surface area contributed by atoms with E-state index in [1.54, 1.807) is 14.2 Å². The molecule has 0 saturated carbocycles. The molecule has 2 atom stereocenters. The molecule has 5 heteroatoms. The highest BCUT2D eigenvalue weighted by Gasteiger charge is 2.32. The van der Waals surface area contributed by atoms with Gasteiger partial charge in [0.1, 0.15) is 11.5 Å². The molecule has 1 heterocycles. The molecular formula is C18H19NO4. The van der Waals surface area contributed by atoms with Gasteiger partial charge in [0, 0.05) is 11.1 Å². The summed E-state index contributed by atoms with van der Waals surface area (Å²) in [6.45, 7) is 0. The van der Waals surface area contributed by atoms with Crippen molar-refractivity contribution in [3.05, 3.63) is 59.7 Å². The molecule has 0 aliphatic carbocycles. The zero-order valence-electron chi connectivity index (χ0n) is 13.1. The average Bonchev–Trinajstić information content (AvgIpc) is 2.61. The molecule has 1 N–H and O–H groups in total. The number of ether oxygens (including phenoxy) is 3. The maximum Gasteiger partial charge on any atom is 0.225 e. The van der Waals surface area contributed by atoms with Crippen LogP contribution in [0.25, 0.3) is 0 Å². The Labute approximate surface area is 135 Å². The second-order valence-corrected chi connectivity index (χ2v) is 5.26. The molecule has 2 aromatic carbocycles. The van der Waals surface area contributed by atoms with Crippen molar-refractivity contribution in [1.82, 2.24) is 5.32 Å². The highest BCUT2D eigenvalue weighted by atomic mass is 16.5. The fourth-order valence-electron chi connectivity index (χ4n) is 2.77. The number of amides is 1. The van der Waals surface area contributed by atoms with Crippen LogP contribution < -0.4 is 14.8 Å². The molecule has 1 aliphatic rings. The molecule has 120 valence electrons. The van der Waals surface area contributed by atoms with Gasteiger partial charge in [0.05, 0.1) is 26.7 Å². The monoisotopic (exact) mass is 313 g/mol. The largest absolute Gasteiger partial charge is 0.496 e. The van der Waals surface area contributed by atoms with Crippen molar-refractivity contribution in [2.24, 2.45) is 0 Å². The van der Waals surface area contributed by atoms with Crippen molar-refractivity contribution in [2.45, 2.75) is 18.8 Å². The molecule has 0 spiro atoms. The highest BCUT2D eigenvalue weighted by molar-refractivity contribution is 5.78. The number of hydrogen-bond acceptors (Lipinski definition) is 4. The second-order valence-electron chi connectivity index (χ2n) is 5.26. The fraction of sp³-hybridized carbons (Fsp3) is 0.278. The summed E-state index contributed by atoms with van der Waals surface area (Å²) >= 11 is 0. The topological polar surface area (TPSA) is 56.8 Å². The van der Waals surface area contributed by atoms with E-state index < -0.39 is 6.23 Å². The molecular weight excluding hydrogens is 294 g/mol. The van der Waals surface area contributed by atoms with Crippen LogP contribution in [0.3, 0.4) is 0 Å². The summed E-state index contributed by atoms with van der Waals surface area (Å²) in [5.74, 6) is 1.33. The number of carbonyl (C=O) groups excluding carboxylic acids is 1. The summed E-state index contributed by atoms with van der Waals surface area (Å²) in [5.41, 5.74) is 1.66. The van der Waals surface area contributed by atoms with Crippen molar-refractivity contribution in [2.75, 3.05) is 14.2 Å². The number of para-hydroxylation sites is 2. The molecule has 2 aromatic rings. The summed E-state index contributed by atoms with van der Waals surface area (Å²) in [6.07, 6.45) is -0.663. The fourth-order valence-corrected chi connectivity index (χ4v) is 2.77. The zero-order chi connectivity index (χ0) is 16.2. The Morgan fingerprint density at radius 1 is 0.957 bits per heavy atom. The Bertz CT molecular complexity index is 643. The molecule has 5 nitrogen and oxygen atoms in total. The molecule has 3 rings (SSSR count). The Balaban J connectivity index is 1.92. The van der Waals surface area contributed by atoms with Crippen molar-refractivity contribution in [3.63, 3.8) is 0 Å². The van der Waals surface area contributed by atoms with Crippen LogP contribution in [0, 0.1) is 0 Å². The minimum Gasteiger partial charge on any atom is -0.496 e. The van der Waals surface area contributed by atoms with E-state index in [0.717, 1.165) is 11.1 Å². The minimum absolute atomic E-state index is 0.0666. The summed E-state index contributed by atoms with van der Waals surface area (Å²) in [6, 6.07) is 15.1. The number of rotatable bonds is 4. The number of hydrogen-bond donors (Lipinski definition) is 1.